The SMILES string of the molecule is Fc1ccc(O[C@H]2CCN(Cn3cc(-c4ccccc4)cn3)C2)cc1. The second-order valence-corrected chi connectivity index (χ2v) is 6.34. The first-order valence-electron chi connectivity index (χ1n) is 8.49. The minimum Gasteiger partial charge on any atom is -0.489 e. The molecule has 4 nitrogen and oxygen atoms in total. The highest BCUT2D eigenvalue weighted by Crippen LogP contribution is 2.21. The zero-order valence-corrected chi connectivity index (χ0v) is 13.9. The summed E-state index contributed by atoms with van der Waals surface area (Å²) in [5.41, 5.74) is 2.30. The topological polar surface area (TPSA) is 30.3 Å². The van der Waals surface area contributed by atoms with Crippen LogP contribution in [0.25, 0.3) is 11.1 Å². The van der Waals surface area contributed by atoms with Crippen molar-refractivity contribution in [1.82, 2.24) is 14.7 Å². The summed E-state index contributed by atoms with van der Waals surface area (Å²) in [5, 5.41) is 4.47. The maximum Gasteiger partial charge on any atom is 0.123 e. The van der Waals surface area contributed by atoms with Crippen LogP contribution in [0.2, 0.25) is 0 Å². The Balaban J connectivity index is 1.34. The van der Waals surface area contributed by atoms with E-state index in [1.807, 2.05) is 29.1 Å². The average Bonchev–Trinajstić information content (AvgIpc) is 3.28. The first kappa shape index (κ1) is 15.8. The molecule has 1 aromatic heterocycles. The molecular weight excluding hydrogens is 317 g/mol. The number of nitrogens with zero attached hydrogens (tertiary/aromatic N) is 3. The van der Waals surface area contributed by atoms with Gasteiger partial charge in [-0.1, -0.05) is 30.3 Å². The van der Waals surface area contributed by atoms with Crippen molar-refractivity contribution in [2.24, 2.45) is 0 Å². The number of hydrogen-bond acceptors (Lipinski definition) is 3. The number of likely N-dealkylation sites (tertiary alicyclic amines) is 1. The highest BCUT2D eigenvalue weighted by Gasteiger charge is 2.24. The predicted octanol–water partition coefficient (Wildman–Crippen LogP) is 3.80. The Kier molecular flexibility index (Phi) is 4.48. The standard InChI is InChI=1S/C20H20FN3O/c21-18-6-8-19(9-7-18)25-20-10-11-23(14-20)15-24-13-17(12-22-24)16-4-2-1-3-5-16/h1-9,12-13,20H,10-11,14-15H2/t20-/m0/s1. The van der Waals surface area contributed by atoms with Gasteiger partial charge in [0.05, 0.1) is 12.9 Å². The van der Waals surface area contributed by atoms with Crippen molar-refractivity contribution in [2.45, 2.75) is 19.2 Å². The van der Waals surface area contributed by atoms with E-state index in [0.29, 0.717) is 0 Å². The first-order chi connectivity index (χ1) is 12.3. The molecule has 0 aliphatic carbocycles. The number of halogens is 1. The second kappa shape index (κ2) is 7.07. The summed E-state index contributed by atoms with van der Waals surface area (Å²) in [6.45, 7) is 2.56. The lowest BCUT2D eigenvalue weighted by Crippen LogP contribution is -2.27. The summed E-state index contributed by atoms with van der Waals surface area (Å²) in [6.07, 6.45) is 5.07. The molecule has 0 spiro atoms. The van der Waals surface area contributed by atoms with Gasteiger partial charge in [-0.05, 0) is 36.2 Å². The number of rotatable bonds is 5. The molecular formula is C20H20FN3O. The fourth-order valence-corrected chi connectivity index (χ4v) is 3.15. The van der Waals surface area contributed by atoms with Crippen molar-refractivity contribution in [1.29, 1.82) is 0 Å². The molecule has 25 heavy (non-hydrogen) atoms. The fourth-order valence-electron chi connectivity index (χ4n) is 3.15. The van der Waals surface area contributed by atoms with E-state index in [1.165, 1.54) is 17.7 Å². The molecule has 1 saturated heterocycles. The molecule has 0 radical (unpaired) electrons. The molecule has 0 bridgehead atoms. The molecule has 2 aromatic carbocycles. The zero-order chi connectivity index (χ0) is 17.1. The van der Waals surface area contributed by atoms with Crippen LogP contribution < -0.4 is 4.74 Å². The van der Waals surface area contributed by atoms with Gasteiger partial charge in [0.15, 0.2) is 0 Å². The molecule has 0 saturated carbocycles. The number of benzene rings is 2. The fraction of sp³-hybridized carbons (Fsp3) is 0.250. The van der Waals surface area contributed by atoms with Crippen LogP contribution in [-0.2, 0) is 6.67 Å². The highest BCUT2D eigenvalue weighted by atomic mass is 19.1. The van der Waals surface area contributed by atoms with Crippen molar-refractivity contribution in [3.63, 3.8) is 0 Å². The molecule has 0 amide bonds. The van der Waals surface area contributed by atoms with Crippen molar-refractivity contribution in [3.8, 4) is 16.9 Å². The van der Waals surface area contributed by atoms with Gasteiger partial charge in [0.2, 0.25) is 0 Å². The maximum absolute atomic E-state index is 13.0. The lowest BCUT2D eigenvalue weighted by atomic mass is 10.1. The lowest BCUT2D eigenvalue weighted by Gasteiger charge is -2.17. The Morgan fingerprint density at radius 3 is 2.64 bits per heavy atom. The third-order valence-electron chi connectivity index (χ3n) is 4.43. The number of hydrogen-bond donors (Lipinski definition) is 0. The summed E-state index contributed by atoms with van der Waals surface area (Å²) in [5.74, 6) is 0.479. The molecule has 3 aromatic rings. The maximum atomic E-state index is 13.0. The molecule has 1 fully saturated rings. The molecule has 128 valence electrons. The van der Waals surface area contributed by atoms with Gasteiger partial charge in [-0.2, -0.15) is 5.10 Å². The number of ether oxygens (including phenoxy) is 1. The molecule has 5 heteroatoms. The van der Waals surface area contributed by atoms with Gasteiger partial charge < -0.3 is 4.74 Å². The second-order valence-electron chi connectivity index (χ2n) is 6.34. The van der Waals surface area contributed by atoms with Crippen molar-refractivity contribution in [3.05, 3.63) is 72.8 Å². The third-order valence-corrected chi connectivity index (χ3v) is 4.43. The average molecular weight is 337 g/mol. The monoisotopic (exact) mass is 337 g/mol. The Morgan fingerprint density at radius 2 is 1.84 bits per heavy atom. The van der Waals surface area contributed by atoms with Crippen LogP contribution in [0.15, 0.2) is 67.0 Å². The van der Waals surface area contributed by atoms with Crippen LogP contribution in [0, 0.1) is 5.82 Å². The van der Waals surface area contributed by atoms with Gasteiger partial charge >= 0.3 is 0 Å². The Bertz CT molecular complexity index is 816. The first-order valence-corrected chi connectivity index (χ1v) is 8.49. The van der Waals surface area contributed by atoms with E-state index in [4.69, 9.17) is 4.74 Å². The van der Waals surface area contributed by atoms with Gasteiger partial charge in [-0.25, -0.2) is 4.39 Å². The van der Waals surface area contributed by atoms with Crippen LogP contribution in [0.1, 0.15) is 6.42 Å². The summed E-state index contributed by atoms with van der Waals surface area (Å²) in [7, 11) is 0. The Labute approximate surface area is 146 Å². The predicted molar refractivity (Wildman–Crippen MR) is 94.7 cm³/mol. The van der Waals surface area contributed by atoms with E-state index in [1.54, 1.807) is 12.1 Å². The van der Waals surface area contributed by atoms with Crippen LogP contribution in [-0.4, -0.2) is 33.9 Å². The lowest BCUT2D eigenvalue weighted by molar-refractivity contribution is 0.182. The van der Waals surface area contributed by atoms with Gasteiger partial charge in [-0.15, -0.1) is 0 Å². The van der Waals surface area contributed by atoms with Crippen LogP contribution in [0.4, 0.5) is 4.39 Å². The normalized spacial score (nSPS) is 17.7. The number of aromatic nitrogens is 2. The van der Waals surface area contributed by atoms with Crippen LogP contribution >= 0.6 is 0 Å². The zero-order valence-electron chi connectivity index (χ0n) is 13.9. The van der Waals surface area contributed by atoms with Crippen LogP contribution in [0.3, 0.4) is 0 Å². The smallest absolute Gasteiger partial charge is 0.123 e. The summed E-state index contributed by atoms with van der Waals surface area (Å²) in [6, 6.07) is 16.5. The van der Waals surface area contributed by atoms with Crippen molar-refractivity contribution >= 4 is 0 Å². The van der Waals surface area contributed by atoms with Crippen molar-refractivity contribution < 1.29 is 9.13 Å². The molecule has 0 unspecified atom stereocenters. The van der Waals surface area contributed by atoms with Crippen molar-refractivity contribution in [2.75, 3.05) is 13.1 Å². The quantitative estimate of drug-likeness (QED) is 0.709. The van der Waals surface area contributed by atoms with E-state index in [-0.39, 0.29) is 11.9 Å². The van der Waals surface area contributed by atoms with E-state index >= 15 is 0 Å². The molecule has 1 aliphatic heterocycles. The van der Waals surface area contributed by atoms with E-state index in [9.17, 15) is 4.39 Å². The Hall–Kier alpha value is -2.66. The minimum atomic E-state index is -0.242. The Morgan fingerprint density at radius 1 is 1.04 bits per heavy atom. The van der Waals surface area contributed by atoms with Gasteiger partial charge in [0, 0.05) is 24.8 Å². The molecule has 2 heterocycles. The summed E-state index contributed by atoms with van der Waals surface area (Å²) in [4.78, 5) is 2.32. The van der Waals surface area contributed by atoms with Gasteiger partial charge in [-0.3, -0.25) is 9.58 Å². The van der Waals surface area contributed by atoms with Gasteiger partial charge in [0.1, 0.15) is 17.7 Å². The minimum absolute atomic E-state index is 0.134. The molecule has 1 aliphatic rings. The molecule has 1 atom stereocenters. The van der Waals surface area contributed by atoms with Gasteiger partial charge in [0.25, 0.3) is 0 Å². The molecule has 4 rings (SSSR count). The molecule has 0 N–H and O–H groups in total. The summed E-state index contributed by atoms with van der Waals surface area (Å²) >= 11 is 0. The summed E-state index contributed by atoms with van der Waals surface area (Å²) < 4.78 is 20.9. The van der Waals surface area contributed by atoms with E-state index < -0.39 is 0 Å². The largest absolute Gasteiger partial charge is 0.489 e. The van der Waals surface area contributed by atoms with E-state index in [2.05, 4.69) is 28.3 Å². The van der Waals surface area contributed by atoms with Crippen LogP contribution in [0.5, 0.6) is 5.75 Å². The highest BCUT2D eigenvalue weighted by molar-refractivity contribution is 5.61. The third kappa shape index (κ3) is 3.88. The van der Waals surface area contributed by atoms with E-state index in [0.717, 1.165) is 37.5 Å².